The van der Waals surface area contributed by atoms with Gasteiger partial charge in [-0.3, -0.25) is 4.90 Å². The molecule has 0 aliphatic heterocycles. The fourth-order valence-corrected chi connectivity index (χ4v) is 3.50. The van der Waals surface area contributed by atoms with E-state index in [0.717, 1.165) is 12.3 Å². The first-order valence-electron chi connectivity index (χ1n) is 7.86. The lowest BCUT2D eigenvalue weighted by atomic mass is 10.3. The number of aliphatic hydroxyl groups excluding tert-OH is 1. The topological polar surface area (TPSA) is 32.7 Å². The number of rotatable bonds is 8. The summed E-state index contributed by atoms with van der Waals surface area (Å²) in [5, 5.41) is 10.3. The summed E-state index contributed by atoms with van der Waals surface area (Å²) >= 11 is 1.84. The first kappa shape index (κ1) is 15.5. The quantitative estimate of drug-likeness (QED) is 0.809. The van der Waals surface area contributed by atoms with Crippen LogP contribution >= 0.6 is 11.3 Å². The zero-order valence-corrected chi connectivity index (χ0v) is 13.8. The van der Waals surface area contributed by atoms with Crippen molar-refractivity contribution in [2.24, 2.45) is 0 Å². The van der Waals surface area contributed by atoms with Gasteiger partial charge < -0.3 is 9.84 Å². The number of benzene rings is 1. The summed E-state index contributed by atoms with van der Waals surface area (Å²) in [6.45, 7) is 4.09. The van der Waals surface area contributed by atoms with Crippen LogP contribution in [-0.4, -0.2) is 35.3 Å². The predicted molar refractivity (Wildman–Crippen MR) is 90.4 cm³/mol. The van der Waals surface area contributed by atoms with Crippen LogP contribution in [0.3, 0.4) is 0 Å². The van der Waals surface area contributed by atoms with Gasteiger partial charge in [-0.15, -0.1) is 11.3 Å². The van der Waals surface area contributed by atoms with Gasteiger partial charge in [0.25, 0.3) is 0 Å². The molecular formula is C18H23NO2S. The van der Waals surface area contributed by atoms with Crippen LogP contribution in [0, 0.1) is 6.92 Å². The van der Waals surface area contributed by atoms with Gasteiger partial charge in [0.05, 0.1) is 0 Å². The number of ether oxygens (including phenoxy) is 1. The Labute approximate surface area is 136 Å². The Morgan fingerprint density at radius 3 is 2.64 bits per heavy atom. The van der Waals surface area contributed by atoms with Crippen LogP contribution < -0.4 is 4.74 Å². The molecule has 1 saturated carbocycles. The smallest absolute Gasteiger partial charge is 0.119 e. The fraction of sp³-hybridized carbons (Fsp3) is 0.444. The summed E-state index contributed by atoms with van der Waals surface area (Å²) < 4.78 is 5.65. The van der Waals surface area contributed by atoms with E-state index in [1.807, 2.05) is 41.7 Å². The number of hydrogen-bond acceptors (Lipinski definition) is 4. The molecule has 0 spiro atoms. The Morgan fingerprint density at radius 1 is 1.23 bits per heavy atom. The lowest BCUT2D eigenvalue weighted by Gasteiger charge is -2.24. The van der Waals surface area contributed by atoms with Gasteiger partial charge in [-0.05, 0) is 44.0 Å². The van der Waals surface area contributed by atoms with Crippen molar-refractivity contribution in [3.05, 3.63) is 52.2 Å². The van der Waals surface area contributed by atoms with E-state index >= 15 is 0 Å². The van der Waals surface area contributed by atoms with Crippen LogP contribution in [0.25, 0.3) is 0 Å². The number of hydrogen-bond donors (Lipinski definition) is 1. The highest BCUT2D eigenvalue weighted by Gasteiger charge is 2.30. The maximum absolute atomic E-state index is 10.3. The van der Waals surface area contributed by atoms with Gasteiger partial charge >= 0.3 is 0 Å². The monoisotopic (exact) mass is 317 g/mol. The molecule has 1 N–H and O–H groups in total. The largest absolute Gasteiger partial charge is 0.491 e. The molecule has 0 bridgehead atoms. The summed E-state index contributed by atoms with van der Waals surface area (Å²) in [4.78, 5) is 5.11. The normalized spacial score (nSPS) is 16.0. The van der Waals surface area contributed by atoms with Crippen molar-refractivity contribution in [2.75, 3.05) is 13.2 Å². The molecule has 3 rings (SSSR count). The van der Waals surface area contributed by atoms with Crippen molar-refractivity contribution in [1.29, 1.82) is 0 Å². The van der Waals surface area contributed by atoms with E-state index in [9.17, 15) is 5.11 Å². The zero-order valence-electron chi connectivity index (χ0n) is 12.9. The predicted octanol–water partition coefficient (Wildman–Crippen LogP) is 3.46. The Balaban J connectivity index is 1.50. The molecule has 4 heteroatoms. The third kappa shape index (κ3) is 4.57. The molecule has 1 aliphatic carbocycles. The van der Waals surface area contributed by atoms with Crippen LogP contribution in [0.2, 0.25) is 0 Å². The first-order valence-corrected chi connectivity index (χ1v) is 8.67. The number of aliphatic hydroxyl groups is 1. The molecule has 1 heterocycles. The van der Waals surface area contributed by atoms with Gasteiger partial charge in [0.2, 0.25) is 0 Å². The van der Waals surface area contributed by atoms with Crippen LogP contribution in [0.1, 0.15) is 22.6 Å². The van der Waals surface area contributed by atoms with E-state index < -0.39 is 6.10 Å². The Bertz CT molecular complexity index is 580. The fourth-order valence-electron chi connectivity index (χ4n) is 2.59. The second kappa shape index (κ2) is 7.27. The minimum Gasteiger partial charge on any atom is -0.491 e. The van der Waals surface area contributed by atoms with E-state index in [1.54, 1.807) is 0 Å². The highest BCUT2D eigenvalue weighted by molar-refractivity contribution is 7.11. The summed E-state index contributed by atoms with van der Waals surface area (Å²) in [7, 11) is 0. The van der Waals surface area contributed by atoms with Crippen LogP contribution in [0.4, 0.5) is 0 Å². The van der Waals surface area contributed by atoms with Gasteiger partial charge in [0.15, 0.2) is 0 Å². The second-order valence-corrected chi connectivity index (χ2v) is 7.32. The Morgan fingerprint density at radius 2 is 2.00 bits per heavy atom. The maximum Gasteiger partial charge on any atom is 0.119 e. The summed E-state index contributed by atoms with van der Waals surface area (Å²) in [6, 6.07) is 14.7. The van der Waals surface area contributed by atoms with Gasteiger partial charge in [0.1, 0.15) is 18.5 Å². The molecule has 1 atom stereocenters. The van der Waals surface area contributed by atoms with Crippen molar-refractivity contribution in [3.8, 4) is 5.75 Å². The molecule has 3 nitrogen and oxygen atoms in total. The lowest BCUT2D eigenvalue weighted by molar-refractivity contribution is 0.0630. The van der Waals surface area contributed by atoms with Crippen LogP contribution in [0.5, 0.6) is 5.75 Å². The number of thiophene rings is 1. The van der Waals surface area contributed by atoms with Gasteiger partial charge in [-0.1, -0.05) is 18.2 Å². The minimum absolute atomic E-state index is 0.344. The second-order valence-electron chi connectivity index (χ2n) is 5.95. The molecule has 2 aromatic rings. The van der Waals surface area contributed by atoms with Gasteiger partial charge in [-0.25, -0.2) is 0 Å². The van der Waals surface area contributed by atoms with Crippen LogP contribution in [-0.2, 0) is 6.54 Å². The molecular weight excluding hydrogens is 294 g/mol. The van der Waals surface area contributed by atoms with Crippen molar-refractivity contribution in [1.82, 2.24) is 4.90 Å². The average molecular weight is 317 g/mol. The summed E-state index contributed by atoms with van der Waals surface area (Å²) in [6.07, 6.45) is 2.04. The summed E-state index contributed by atoms with van der Waals surface area (Å²) in [5.74, 6) is 0.813. The average Bonchev–Trinajstić information content (AvgIpc) is 3.29. The first-order chi connectivity index (χ1) is 10.7. The molecule has 1 aromatic heterocycles. The molecule has 1 aromatic carbocycles. The number of aryl methyl sites for hydroxylation is 1. The highest BCUT2D eigenvalue weighted by Crippen LogP contribution is 2.29. The van der Waals surface area contributed by atoms with Gasteiger partial charge in [0, 0.05) is 28.9 Å². The Hall–Kier alpha value is -1.36. The molecule has 1 fully saturated rings. The third-order valence-corrected chi connectivity index (χ3v) is 4.83. The standard InChI is InChI=1S/C18H23NO2S/c1-14-7-10-18(22-14)12-19(15-8-9-15)11-16(20)13-21-17-5-3-2-4-6-17/h2-7,10,15-16,20H,8-9,11-13H2,1H3/t16-/m0/s1. The summed E-state index contributed by atoms with van der Waals surface area (Å²) in [5.41, 5.74) is 0. The lowest BCUT2D eigenvalue weighted by Crippen LogP contribution is -2.36. The maximum atomic E-state index is 10.3. The molecule has 0 saturated heterocycles. The zero-order chi connectivity index (χ0) is 15.4. The SMILES string of the molecule is Cc1ccc(CN(C[C@H](O)COc2ccccc2)C2CC2)s1. The van der Waals surface area contributed by atoms with E-state index in [2.05, 4.69) is 24.0 Å². The van der Waals surface area contributed by atoms with Crippen molar-refractivity contribution >= 4 is 11.3 Å². The molecule has 0 radical (unpaired) electrons. The van der Waals surface area contributed by atoms with Gasteiger partial charge in [-0.2, -0.15) is 0 Å². The van der Waals surface area contributed by atoms with Crippen molar-refractivity contribution < 1.29 is 9.84 Å². The minimum atomic E-state index is -0.457. The third-order valence-electron chi connectivity index (χ3n) is 3.85. The Kier molecular flexibility index (Phi) is 5.13. The molecule has 22 heavy (non-hydrogen) atoms. The van der Waals surface area contributed by atoms with E-state index in [4.69, 9.17) is 4.74 Å². The molecule has 0 amide bonds. The highest BCUT2D eigenvalue weighted by atomic mass is 32.1. The van der Waals surface area contributed by atoms with E-state index in [0.29, 0.717) is 19.2 Å². The van der Waals surface area contributed by atoms with E-state index in [1.165, 1.54) is 22.6 Å². The molecule has 118 valence electrons. The van der Waals surface area contributed by atoms with E-state index in [-0.39, 0.29) is 0 Å². The molecule has 0 unspecified atom stereocenters. The van der Waals surface area contributed by atoms with Crippen molar-refractivity contribution in [3.63, 3.8) is 0 Å². The van der Waals surface area contributed by atoms with Crippen molar-refractivity contribution in [2.45, 2.75) is 38.5 Å². The number of para-hydroxylation sites is 1. The van der Waals surface area contributed by atoms with Crippen LogP contribution in [0.15, 0.2) is 42.5 Å². The molecule has 1 aliphatic rings. The number of nitrogens with zero attached hydrogens (tertiary/aromatic N) is 1.